The van der Waals surface area contributed by atoms with Crippen molar-refractivity contribution in [2.45, 2.75) is 6.92 Å². The first-order valence-corrected chi connectivity index (χ1v) is 11.1. The summed E-state index contributed by atoms with van der Waals surface area (Å²) in [5.74, 6) is 0.0406. The van der Waals surface area contributed by atoms with Gasteiger partial charge in [-0.2, -0.15) is 0 Å². The highest BCUT2D eigenvalue weighted by molar-refractivity contribution is 6.30. The van der Waals surface area contributed by atoms with Crippen LogP contribution in [-0.2, 0) is 0 Å². The second kappa shape index (κ2) is 8.60. The summed E-state index contributed by atoms with van der Waals surface area (Å²) in [6.45, 7) is 4.88. The van der Waals surface area contributed by atoms with Gasteiger partial charge in [0.2, 0.25) is 0 Å². The average molecular weight is 443 g/mol. The maximum Gasteiger partial charge on any atom is 0.254 e. The van der Waals surface area contributed by atoms with Crippen LogP contribution < -0.4 is 4.90 Å². The van der Waals surface area contributed by atoms with Gasteiger partial charge in [-0.1, -0.05) is 29.3 Å². The lowest BCUT2D eigenvalue weighted by Crippen LogP contribution is -2.48. The lowest BCUT2D eigenvalue weighted by atomic mass is 10.0. The van der Waals surface area contributed by atoms with Gasteiger partial charge in [0.15, 0.2) is 0 Å². The predicted molar refractivity (Wildman–Crippen MR) is 129 cm³/mol. The third-order valence-corrected chi connectivity index (χ3v) is 6.13. The number of fused-ring (bicyclic) bond motifs is 1. The van der Waals surface area contributed by atoms with Gasteiger partial charge in [0.05, 0.1) is 16.8 Å². The highest BCUT2D eigenvalue weighted by atomic mass is 35.5. The number of rotatable bonds is 3. The SMILES string of the molecule is Cc1ccc2nc(-c3cccnc3)cc(C(=O)N3CCN(c4cccc(Cl)c4)CC3)c2c1. The molecule has 1 saturated heterocycles. The summed E-state index contributed by atoms with van der Waals surface area (Å²) in [5.41, 5.74) is 5.36. The van der Waals surface area contributed by atoms with Crippen LogP contribution in [0.5, 0.6) is 0 Å². The summed E-state index contributed by atoms with van der Waals surface area (Å²) in [5, 5.41) is 1.61. The number of nitrogens with zero attached hydrogens (tertiary/aromatic N) is 4. The third-order valence-electron chi connectivity index (χ3n) is 5.89. The number of carbonyl (C=O) groups is 1. The first kappa shape index (κ1) is 20.5. The molecule has 1 aliphatic heterocycles. The first-order valence-electron chi connectivity index (χ1n) is 10.7. The Bertz CT molecular complexity index is 1280. The second-order valence-electron chi connectivity index (χ2n) is 8.08. The number of halogens is 1. The van der Waals surface area contributed by atoms with Gasteiger partial charge in [0.25, 0.3) is 5.91 Å². The van der Waals surface area contributed by atoms with Crippen molar-refractivity contribution in [1.82, 2.24) is 14.9 Å². The molecule has 6 heteroatoms. The topological polar surface area (TPSA) is 49.3 Å². The summed E-state index contributed by atoms with van der Waals surface area (Å²) < 4.78 is 0. The fourth-order valence-electron chi connectivity index (χ4n) is 4.19. The van der Waals surface area contributed by atoms with Crippen LogP contribution in [0.4, 0.5) is 5.69 Å². The number of aryl methyl sites for hydroxylation is 1. The Morgan fingerprint density at radius 1 is 0.969 bits per heavy atom. The zero-order valence-electron chi connectivity index (χ0n) is 17.8. The van der Waals surface area contributed by atoms with E-state index in [4.69, 9.17) is 16.6 Å². The molecule has 2 aromatic heterocycles. The lowest BCUT2D eigenvalue weighted by Gasteiger charge is -2.36. The molecule has 3 heterocycles. The van der Waals surface area contributed by atoms with Gasteiger partial charge >= 0.3 is 0 Å². The van der Waals surface area contributed by atoms with Crippen LogP contribution >= 0.6 is 11.6 Å². The molecular formula is C26H23ClN4O. The van der Waals surface area contributed by atoms with Crippen LogP contribution in [0.25, 0.3) is 22.2 Å². The summed E-state index contributed by atoms with van der Waals surface area (Å²) in [7, 11) is 0. The van der Waals surface area contributed by atoms with Crippen molar-refractivity contribution >= 4 is 34.1 Å². The minimum absolute atomic E-state index is 0.0406. The molecule has 0 radical (unpaired) electrons. The largest absolute Gasteiger partial charge is 0.368 e. The summed E-state index contributed by atoms with van der Waals surface area (Å²) in [6.07, 6.45) is 3.51. The molecule has 160 valence electrons. The minimum Gasteiger partial charge on any atom is -0.368 e. The number of hydrogen-bond acceptors (Lipinski definition) is 4. The van der Waals surface area contributed by atoms with Gasteiger partial charge in [0.1, 0.15) is 0 Å². The molecule has 32 heavy (non-hydrogen) atoms. The monoisotopic (exact) mass is 442 g/mol. The minimum atomic E-state index is 0.0406. The fraction of sp³-hybridized carbons (Fsp3) is 0.192. The number of anilines is 1. The van der Waals surface area contributed by atoms with Crippen molar-refractivity contribution in [2.24, 2.45) is 0 Å². The Balaban J connectivity index is 1.46. The molecule has 0 bridgehead atoms. The molecule has 0 unspecified atom stereocenters. The molecule has 1 fully saturated rings. The van der Waals surface area contributed by atoms with Gasteiger partial charge in [-0.15, -0.1) is 0 Å². The number of benzene rings is 2. The Labute approximate surface area is 192 Å². The van der Waals surface area contributed by atoms with E-state index in [2.05, 4.69) is 16.0 Å². The predicted octanol–water partition coefficient (Wildman–Crippen LogP) is 5.22. The number of piperazine rings is 1. The molecule has 1 aliphatic rings. The molecular weight excluding hydrogens is 420 g/mol. The summed E-state index contributed by atoms with van der Waals surface area (Å²) in [4.78, 5) is 26.9. The summed E-state index contributed by atoms with van der Waals surface area (Å²) >= 11 is 6.16. The fourth-order valence-corrected chi connectivity index (χ4v) is 4.37. The Kier molecular flexibility index (Phi) is 5.50. The molecule has 4 aromatic rings. The molecule has 5 nitrogen and oxygen atoms in total. The second-order valence-corrected chi connectivity index (χ2v) is 8.51. The maximum absolute atomic E-state index is 13.6. The van der Waals surface area contributed by atoms with Crippen LogP contribution in [-0.4, -0.2) is 47.0 Å². The molecule has 0 N–H and O–H groups in total. The average Bonchev–Trinajstić information content (AvgIpc) is 2.83. The van der Waals surface area contributed by atoms with Crippen molar-refractivity contribution in [1.29, 1.82) is 0 Å². The van der Waals surface area contributed by atoms with Crippen LogP contribution in [0.2, 0.25) is 5.02 Å². The van der Waals surface area contributed by atoms with Gasteiger partial charge in [0, 0.05) is 60.2 Å². The maximum atomic E-state index is 13.6. The highest BCUT2D eigenvalue weighted by Crippen LogP contribution is 2.27. The van der Waals surface area contributed by atoms with Crippen molar-refractivity contribution in [2.75, 3.05) is 31.1 Å². The smallest absolute Gasteiger partial charge is 0.254 e. The Hall–Kier alpha value is -3.44. The third kappa shape index (κ3) is 4.04. The van der Waals surface area contributed by atoms with E-state index in [1.807, 2.05) is 66.4 Å². The zero-order valence-corrected chi connectivity index (χ0v) is 18.6. The van der Waals surface area contributed by atoms with E-state index in [-0.39, 0.29) is 5.91 Å². The van der Waals surface area contributed by atoms with Gasteiger partial charge in [-0.3, -0.25) is 9.78 Å². The number of hydrogen-bond donors (Lipinski definition) is 0. The van der Waals surface area contributed by atoms with Crippen LogP contribution in [0.15, 0.2) is 73.1 Å². The molecule has 2 aromatic carbocycles. The molecule has 1 amide bonds. The zero-order chi connectivity index (χ0) is 22.1. The number of amides is 1. The quantitative estimate of drug-likeness (QED) is 0.436. The summed E-state index contributed by atoms with van der Waals surface area (Å²) in [6, 6.07) is 19.7. The number of pyridine rings is 2. The lowest BCUT2D eigenvalue weighted by molar-refractivity contribution is 0.0748. The van der Waals surface area contributed by atoms with E-state index in [9.17, 15) is 4.79 Å². The number of aromatic nitrogens is 2. The molecule has 0 saturated carbocycles. The number of carbonyl (C=O) groups excluding carboxylic acids is 1. The van der Waals surface area contributed by atoms with E-state index in [0.717, 1.165) is 51.5 Å². The molecule has 0 spiro atoms. The molecule has 0 atom stereocenters. The standard InChI is InChI=1S/C26H23ClN4O/c1-18-7-8-24-22(14-18)23(16-25(29-24)19-4-3-9-28-17-19)26(32)31-12-10-30(11-13-31)21-6-2-5-20(27)15-21/h2-9,14-17H,10-13H2,1H3. The van der Waals surface area contributed by atoms with Crippen molar-refractivity contribution in [3.8, 4) is 11.3 Å². The van der Waals surface area contributed by atoms with Gasteiger partial charge in [-0.25, -0.2) is 4.98 Å². The van der Waals surface area contributed by atoms with E-state index in [1.165, 1.54) is 0 Å². The van der Waals surface area contributed by atoms with E-state index in [1.54, 1.807) is 12.4 Å². The van der Waals surface area contributed by atoms with Crippen LogP contribution in [0, 0.1) is 6.92 Å². The van der Waals surface area contributed by atoms with Crippen LogP contribution in [0.1, 0.15) is 15.9 Å². The van der Waals surface area contributed by atoms with Crippen molar-refractivity contribution in [3.63, 3.8) is 0 Å². The van der Waals surface area contributed by atoms with Crippen molar-refractivity contribution < 1.29 is 4.79 Å². The van der Waals surface area contributed by atoms with Crippen molar-refractivity contribution in [3.05, 3.63) is 89.2 Å². The first-order chi connectivity index (χ1) is 15.6. The van der Waals surface area contributed by atoms with E-state index >= 15 is 0 Å². The molecule has 0 aliphatic carbocycles. The molecule has 5 rings (SSSR count). The highest BCUT2D eigenvalue weighted by Gasteiger charge is 2.24. The van der Waals surface area contributed by atoms with E-state index in [0.29, 0.717) is 18.7 Å². The Morgan fingerprint density at radius 2 is 1.81 bits per heavy atom. The van der Waals surface area contributed by atoms with E-state index < -0.39 is 0 Å². The van der Waals surface area contributed by atoms with Gasteiger partial charge < -0.3 is 9.80 Å². The van der Waals surface area contributed by atoms with Gasteiger partial charge in [-0.05, 0) is 55.5 Å². The normalized spacial score (nSPS) is 14.1. The van der Waals surface area contributed by atoms with Crippen LogP contribution in [0.3, 0.4) is 0 Å². The Morgan fingerprint density at radius 3 is 2.56 bits per heavy atom.